The molecule has 6 heteroatoms. The molecule has 22 heavy (non-hydrogen) atoms. The monoisotopic (exact) mass is 299 g/mol. The first-order chi connectivity index (χ1) is 10.8. The fourth-order valence-corrected chi connectivity index (χ4v) is 2.37. The minimum Gasteiger partial charge on any atom is -0.465 e. The molecule has 0 aliphatic carbocycles. The number of carbonyl (C=O) groups is 1. The molecule has 0 saturated carbocycles. The van der Waals surface area contributed by atoms with E-state index in [1.807, 2.05) is 0 Å². The van der Waals surface area contributed by atoms with Crippen LogP contribution in [-0.2, 0) is 4.79 Å². The quantitative estimate of drug-likeness (QED) is 0.809. The van der Waals surface area contributed by atoms with Gasteiger partial charge in [0.15, 0.2) is 0 Å². The van der Waals surface area contributed by atoms with Crippen molar-refractivity contribution >= 4 is 12.0 Å². The third kappa shape index (κ3) is 3.72. The molecule has 1 aliphatic heterocycles. The summed E-state index contributed by atoms with van der Waals surface area (Å²) in [5.41, 5.74) is 0. The van der Waals surface area contributed by atoms with Crippen molar-refractivity contribution in [2.75, 3.05) is 13.1 Å². The summed E-state index contributed by atoms with van der Waals surface area (Å²) in [5.74, 6) is 0.620. The van der Waals surface area contributed by atoms with Gasteiger partial charge in [-0.2, -0.15) is 0 Å². The molecule has 6 nitrogen and oxygen atoms in total. The topological polar surface area (TPSA) is 68.5 Å². The maximum atomic E-state index is 12.2. The molecule has 2 aromatic rings. The van der Waals surface area contributed by atoms with Crippen molar-refractivity contribution < 1.29 is 13.9 Å². The highest BCUT2D eigenvalue weighted by Crippen LogP contribution is 2.15. The average Bonchev–Trinajstić information content (AvgIpc) is 3.07. The molecule has 0 bridgehead atoms. The van der Waals surface area contributed by atoms with Crippen LogP contribution >= 0.6 is 0 Å². The van der Waals surface area contributed by atoms with E-state index in [1.165, 1.54) is 6.08 Å². The molecule has 3 heterocycles. The Hall–Kier alpha value is -2.63. The van der Waals surface area contributed by atoms with Gasteiger partial charge in [-0.1, -0.05) is 0 Å². The van der Waals surface area contributed by atoms with Crippen LogP contribution in [0.4, 0.5) is 0 Å². The van der Waals surface area contributed by atoms with Gasteiger partial charge in [0.05, 0.1) is 12.8 Å². The highest BCUT2D eigenvalue weighted by molar-refractivity contribution is 5.91. The minimum absolute atomic E-state index is 0.0429. The maximum Gasteiger partial charge on any atom is 0.316 e. The molecular formula is C16H17N3O3. The lowest BCUT2D eigenvalue weighted by molar-refractivity contribution is -0.128. The number of furan rings is 1. The largest absolute Gasteiger partial charge is 0.465 e. The average molecular weight is 299 g/mol. The standard InChI is InChI=1S/C16H17N3O3/c20-15(7-6-13-5-2-11-21-13)19-10-1-4-14(12-19)22-16-17-8-3-9-18-16/h2-3,5-9,11,14H,1,4,10,12H2/b7-6+/t14-/m0/s1. The normalized spacial score (nSPS) is 18.5. The molecule has 2 aromatic heterocycles. The molecular weight excluding hydrogens is 282 g/mol. The number of hydrogen-bond donors (Lipinski definition) is 0. The first-order valence-corrected chi connectivity index (χ1v) is 7.25. The molecule has 1 aliphatic rings. The fourth-order valence-electron chi connectivity index (χ4n) is 2.37. The van der Waals surface area contributed by atoms with Crippen LogP contribution in [-0.4, -0.2) is 40.0 Å². The second-order valence-electron chi connectivity index (χ2n) is 5.05. The van der Waals surface area contributed by atoms with Gasteiger partial charge in [0, 0.05) is 25.0 Å². The summed E-state index contributed by atoms with van der Waals surface area (Å²) in [6, 6.07) is 5.68. The number of rotatable bonds is 4. The van der Waals surface area contributed by atoms with Crippen LogP contribution in [0.1, 0.15) is 18.6 Å². The lowest BCUT2D eigenvalue weighted by atomic mass is 10.1. The van der Waals surface area contributed by atoms with Crippen molar-refractivity contribution in [2.45, 2.75) is 18.9 Å². The van der Waals surface area contributed by atoms with Crippen molar-refractivity contribution in [3.05, 3.63) is 48.7 Å². The van der Waals surface area contributed by atoms with Gasteiger partial charge < -0.3 is 14.1 Å². The summed E-state index contributed by atoms with van der Waals surface area (Å²) >= 11 is 0. The Balaban J connectivity index is 1.57. The number of carbonyl (C=O) groups excluding carboxylic acids is 1. The number of ether oxygens (including phenoxy) is 1. The van der Waals surface area contributed by atoms with E-state index in [0.717, 1.165) is 19.4 Å². The van der Waals surface area contributed by atoms with Gasteiger partial charge in [0.2, 0.25) is 5.91 Å². The first kappa shape index (κ1) is 14.3. The predicted molar refractivity (Wildman–Crippen MR) is 80.0 cm³/mol. The predicted octanol–water partition coefficient (Wildman–Crippen LogP) is 2.15. The Kier molecular flexibility index (Phi) is 4.48. The zero-order valence-corrected chi connectivity index (χ0v) is 12.1. The first-order valence-electron chi connectivity index (χ1n) is 7.25. The molecule has 0 N–H and O–H groups in total. The number of nitrogens with zero attached hydrogens (tertiary/aromatic N) is 3. The molecule has 114 valence electrons. The highest BCUT2D eigenvalue weighted by atomic mass is 16.5. The van der Waals surface area contributed by atoms with Crippen LogP contribution in [0.2, 0.25) is 0 Å². The minimum atomic E-state index is -0.0721. The van der Waals surface area contributed by atoms with E-state index in [2.05, 4.69) is 9.97 Å². The maximum absolute atomic E-state index is 12.2. The second kappa shape index (κ2) is 6.89. The van der Waals surface area contributed by atoms with Crippen LogP contribution in [0, 0.1) is 0 Å². The molecule has 1 atom stereocenters. The Bertz CT molecular complexity index is 625. The molecule has 1 fully saturated rings. The number of aromatic nitrogens is 2. The second-order valence-corrected chi connectivity index (χ2v) is 5.05. The van der Waals surface area contributed by atoms with Gasteiger partial charge in [-0.15, -0.1) is 0 Å². The van der Waals surface area contributed by atoms with Crippen molar-refractivity contribution in [3.8, 4) is 6.01 Å². The van der Waals surface area contributed by atoms with E-state index in [4.69, 9.17) is 9.15 Å². The zero-order chi connectivity index (χ0) is 15.2. The summed E-state index contributed by atoms with van der Waals surface area (Å²) in [4.78, 5) is 22.1. The van der Waals surface area contributed by atoms with Crippen molar-refractivity contribution in [2.24, 2.45) is 0 Å². The van der Waals surface area contributed by atoms with Crippen LogP contribution in [0.5, 0.6) is 6.01 Å². The third-order valence-corrected chi connectivity index (χ3v) is 3.44. The van der Waals surface area contributed by atoms with E-state index >= 15 is 0 Å². The number of piperidine rings is 1. The number of hydrogen-bond acceptors (Lipinski definition) is 5. The summed E-state index contributed by atoms with van der Waals surface area (Å²) in [6.45, 7) is 1.27. The highest BCUT2D eigenvalue weighted by Gasteiger charge is 2.24. The van der Waals surface area contributed by atoms with E-state index in [-0.39, 0.29) is 12.0 Å². The third-order valence-electron chi connectivity index (χ3n) is 3.44. The van der Waals surface area contributed by atoms with Gasteiger partial charge in [0.25, 0.3) is 0 Å². The molecule has 0 spiro atoms. The summed E-state index contributed by atoms with van der Waals surface area (Å²) in [5, 5.41) is 0. The van der Waals surface area contributed by atoms with Crippen LogP contribution in [0.25, 0.3) is 6.08 Å². The Labute approximate surface area is 128 Å². The summed E-state index contributed by atoms with van der Waals surface area (Å²) < 4.78 is 10.9. The van der Waals surface area contributed by atoms with Gasteiger partial charge in [-0.25, -0.2) is 9.97 Å². The van der Waals surface area contributed by atoms with Gasteiger partial charge in [-0.3, -0.25) is 4.79 Å². The lowest BCUT2D eigenvalue weighted by Crippen LogP contribution is -2.43. The molecule has 1 amide bonds. The Morgan fingerprint density at radius 2 is 2.23 bits per heavy atom. The Morgan fingerprint density at radius 3 is 3.00 bits per heavy atom. The van der Waals surface area contributed by atoms with E-state index < -0.39 is 0 Å². The van der Waals surface area contributed by atoms with E-state index in [1.54, 1.807) is 47.8 Å². The zero-order valence-electron chi connectivity index (χ0n) is 12.1. The van der Waals surface area contributed by atoms with Gasteiger partial charge >= 0.3 is 6.01 Å². The molecule has 1 saturated heterocycles. The fraction of sp³-hybridized carbons (Fsp3) is 0.312. The van der Waals surface area contributed by atoms with Crippen LogP contribution < -0.4 is 4.74 Å². The van der Waals surface area contributed by atoms with Gasteiger partial charge in [0.1, 0.15) is 11.9 Å². The number of likely N-dealkylation sites (tertiary alicyclic amines) is 1. The molecule has 0 unspecified atom stereocenters. The van der Waals surface area contributed by atoms with Gasteiger partial charge in [-0.05, 0) is 37.1 Å². The summed E-state index contributed by atoms with van der Waals surface area (Å²) in [7, 11) is 0. The van der Waals surface area contributed by atoms with E-state index in [9.17, 15) is 4.79 Å². The van der Waals surface area contributed by atoms with Crippen molar-refractivity contribution in [1.82, 2.24) is 14.9 Å². The van der Waals surface area contributed by atoms with Crippen LogP contribution in [0.3, 0.4) is 0 Å². The smallest absolute Gasteiger partial charge is 0.316 e. The Morgan fingerprint density at radius 1 is 1.36 bits per heavy atom. The molecule has 3 rings (SSSR count). The van der Waals surface area contributed by atoms with E-state index in [0.29, 0.717) is 18.3 Å². The number of amides is 1. The molecule has 0 aromatic carbocycles. The molecule has 0 radical (unpaired) electrons. The van der Waals surface area contributed by atoms with Crippen molar-refractivity contribution in [3.63, 3.8) is 0 Å². The SMILES string of the molecule is O=C(/C=C/c1ccco1)N1CCC[C@H](Oc2ncccn2)C1. The summed E-state index contributed by atoms with van der Waals surface area (Å²) in [6.07, 6.45) is 9.78. The van der Waals surface area contributed by atoms with Crippen molar-refractivity contribution in [1.29, 1.82) is 0 Å². The lowest BCUT2D eigenvalue weighted by Gasteiger charge is -2.31. The van der Waals surface area contributed by atoms with Crippen LogP contribution in [0.15, 0.2) is 47.3 Å².